The fourth-order valence-corrected chi connectivity index (χ4v) is 1.49. The molecule has 0 aliphatic rings. The standard InChI is InChI=1S/C15H19NO3/c1-10(2)13-7-4-12(5-8-13)6-9-14(17)16-11(3)15(18)19/h4-11H,1-3H3,(H,16,17)(H,18,19)/b9-6+/t11-/m0/s1. The van der Waals surface area contributed by atoms with Crippen LogP contribution >= 0.6 is 0 Å². The monoisotopic (exact) mass is 261 g/mol. The normalized spacial score (nSPS) is 12.6. The zero-order valence-corrected chi connectivity index (χ0v) is 11.4. The summed E-state index contributed by atoms with van der Waals surface area (Å²) in [6.45, 7) is 5.66. The number of carboxylic acid groups (broad SMARTS) is 1. The predicted octanol–water partition coefficient (Wildman–Crippen LogP) is 2.41. The quantitative estimate of drug-likeness (QED) is 0.800. The fraction of sp³-hybridized carbons (Fsp3) is 0.333. The molecule has 0 radical (unpaired) electrons. The molecule has 0 saturated carbocycles. The average Bonchev–Trinajstić information content (AvgIpc) is 2.36. The molecule has 4 nitrogen and oxygen atoms in total. The molecule has 1 rings (SSSR count). The van der Waals surface area contributed by atoms with E-state index in [1.165, 1.54) is 18.6 Å². The Morgan fingerprint density at radius 3 is 2.21 bits per heavy atom. The molecule has 4 heteroatoms. The van der Waals surface area contributed by atoms with E-state index in [2.05, 4.69) is 19.2 Å². The summed E-state index contributed by atoms with van der Waals surface area (Å²) in [5.41, 5.74) is 2.14. The maximum absolute atomic E-state index is 11.4. The van der Waals surface area contributed by atoms with Gasteiger partial charge in [-0.2, -0.15) is 0 Å². The predicted molar refractivity (Wildman–Crippen MR) is 74.8 cm³/mol. The van der Waals surface area contributed by atoms with Gasteiger partial charge in [0.15, 0.2) is 0 Å². The highest BCUT2D eigenvalue weighted by atomic mass is 16.4. The van der Waals surface area contributed by atoms with E-state index < -0.39 is 17.9 Å². The molecule has 0 heterocycles. The van der Waals surface area contributed by atoms with Gasteiger partial charge in [0.05, 0.1) is 0 Å². The molecule has 0 aliphatic heterocycles. The van der Waals surface area contributed by atoms with Crippen molar-refractivity contribution < 1.29 is 14.7 Å². The van der Waals surface area contributed by atoms with Crippen LogP contribution in [0.2, 0.25) is 0 Å². The number of benzene rings is 1. The van der Waals surface area contributed by atoms with E-state index in [4.69, 9.17) is 5.11 Å². The van der Waals surface area contributed by atoms with E-state index in [-0.39, 0.29) is 0 Å². The number of amides is 1. The molecule has 1 aromatic carbocycles. The van der Waals surface area contributed by atoms with Gasteiger partial charge in [0, 0.05) is 6.08 Å². The van der Waals surface area contributed by atoms with Crippen LogP contribution in [-0.2, 0) is 9.59 Å². The highest BCUT2D eigenvalue weighted by Gasteiger charge is 2.11. The Morgan fingerprint density at radius 1 is 1.16 bits per heavy atom. The molecule has 0 aromatic heterocycles. The Labute approximate surface area is 113 Å². The van der Waals surface area contributed by atoms with Crippen molar-refractivity contribution in [1.82, 2.24) is 5.32 Å². The van der Waals surface area contributed by atoms with Crippen molar-refractivity contribution in [2.45, 2.75) is 32.7 Å². The largest absolute Gasteiger partial charge is 0.480 e. The number of carbonyl (C=O) groups excluding carboxylic acids is 1. The van der Waals surface area contributed by atoms with Crippen LogP contribution < -0.4 is 5.32 Å². The van der Waals surface area contributed by atoms with Gasteiger partial charge >= 0.3 is 5.97 Å². The Balaban J connectivity index is 2.61. The van der Waals surface area contributed by atoms with Crippen LogP contribution in [0.1, 0.15) is 37.8 Å². The molecule has 1 aromatic rings. The lowest BCUT2D eigenvalue weighted by molar-refractivity contribution is -0.140. The second-order valence-electron chi connectivity index (χ2n) is 4.72. The van der Waals surface area contributed by atoms with E-state index in [0.29, 0.717) is 5.92 Å². The van der Waals surface area contributed by atoms with Crippen LogP contribution in [0.25, 0.3) is 6.08 Å². The van der Waals surface area contributed by atoms with Crippen LogP contribution in [0.3, 0.4) is 0 Å². The summed E-state index contributed by atoms with van der Waals surface area (Å²) in [4.78, 5) is 22.0. The Kier molecular flexibility index (Phi) is 5.30. The van der Waals surface area contributed by atoms with Crippen LogP contribution in [0, 0.1) is 0 Å². The summed E-state index contributed by atoms with van der Waals surface area (Å²) < 4.78 is 0. The lowest BCUT2D eigenvalue weighted by atomic mass is 10.0. The number of aliphatic carboxylic acids is 1. The number of hydrogen-bond donors (Lipinski definition) is 2. The number of rotatable bonds is 5. The first-order valence-electron chi connectivity index (χ1n) is 6.21. The summed E-state index contributed by atoms with van der Waals surface area (Å²) in [7, 11) is 0. The van der Waals surface area contributed by atoms with Gasteiger partial charge in [-0.05, 0) is 30.0 Å². The van der Waals surface area contributed by atoms with E-state index in [1.807, 2.05) is 24.3 Å². The van der Waals surface area contributed by atoms with Crippen molar-refractivity contribution in [2.75, 3.05) is 0 Å². The lowest BCUT2D eigenvalue weighted by Gasteiger charge is -2.06. The zero-order chi connectivity index (χ0) is 14.4. The molecule has 0 saturated heterocycles. The third-order valence-corrected chi connectivity index (χ3v) is 2.76. The second kappa shape index (κ2) is 6.73. The molecular weight excluding hydrogens is 242 g/mol. The van der Waals surface area contributed by atoms with Gasteiger partial charge in [-0.15, -0.1) is 0 Å². The summed E-state index contributed by atoms with van der Waals surface area (Å²) in [6, 6.07) is 7.00. The Hall–Kier alpha value is -2.10. The van der Waals surface area contributed by atoms with E-state index in [0.717, 1.165) is 5.56 Å². The molecular formula is C15H19NO3. The smallest absolute Gasteiger partial charge is 0.325 e. The highest BCUT2D eigenvalue weighted by Crippen LogP contribution is 2.15. The van der Waals surface area contributed by atoms with Crippen molar-refractivity contribution in [2.24, 2.45) is 0 Å². The topological polar surface area (TPSA) is 66.4 Å². The molecule has 102 valence electrons. The van der Waals surface area contributed by atoms with Gasteiger partial charge < -0.3 is 10.4 Å². The molecule has 19 heavy (non-hydrogen) atoms. The van der Waals surface area contributed by atoms with Crippen molar-refractivity contribution in [3.63, 3.8) is 0 Å². The Bertz CT molecular complexity index is 475. The first-order chi connectivity index (χ1) is 8.90. The number of hydrogen-bond acceptors (Lipinski definition) is 2. The zero-order valence-electron chi connectivity index (χ0n) is 11.4. The van der Waals surface area contributed by atoms with Crippen molar-refractivity contribution in [3.8, 4) is 0 Å². The Morgan fingerprint density at radius 2 is 1.74 bits per heavy atom. The second-order valence-corrected chi connectivity index (χ2v) is 4.72. The number of carboxylic acids is 1. The molecule has 2 N–H and O–H groups in total. The van der Waals surface area contributed by atoms with Gasteiger partial charge in [0.25, 0.3) is 0 Å². The van der Waals surface area contributed by atoms with Gasteiger partial charge in [-0.3, -0.25) is 9.59 Å². The molecule has 1 atom stereocenters. The van der Waals surface area contributed by atoms with Crippen LogP contribution in [0.5, 0.6) is 0 Å². The summed E-state index contributed by atoms with van der Waals surface area (Å²) >= 11 is 0. The van der Waals surface area contributed by atoms with Crippen molar-refractivity contribution >= 4 is 18.0 Å². The maximum atomic E-state index is 11.4. The number of nitrogens with one attached hydrogen (secondary N) is 1. The van der Waals surface area contributed by atoms with Crippen molar-refractivity contribution in [3.05, 3.63) is 41.5 Å². The first-order valence-corrected chi connectivity index (χ1v) is 6.21. The molecule has 0 bridgehead atoms. The van der Waals surface area contributed by atoms with Gasteiger partial charge in [-0.1, -0.05) is 38.1 Å². The summed E-state index contributed by atoms with van der Waals surface area (Å²) in [5.74, 6) is -0.997. The van der Waals surface area contributed by atoms with Gasteiger partial charge in [0.2, 0.25) is 5.91 Å². The average molecular weight is 261 g/mol. The first kappa shape index (κ1) is 15.0. The minimum absolute atomic E-state index is 0.414. The molecule has 0 spiro atoms. The molecule has 0 fully saturated rings. The SMILES string of the molecule is CC(C)c1ccc(/C=C/C(=O)N[C@@H](C)C(=O)O)cc1. The summed E-state index contributed by atoms with van der Waals surface area (Å²) in [6.07, 6.45) is 3.00. The minimum atomic E-state index is -1.05. The van der Waals surface area contributed by atoms with Gasteiger partial charge in [0.1, 0.15) is 6.04 Å². The fourth-order valence-electron chi connectivity index (χ4n) is 1.49. The molecule has 0 aliphatic carbocycles. The number of carbonyl (C=O) groups is 2. The van der Waals surface area contributed by atoms with E-state index in [9.17, 15) is 9.59 Å². The molecule has 0 unspecified atom stereocenters. The van der Waals surface area contributed by atoms with Crippen LogP contribution in [-0.4, -0.2) is 23.0 Å². The van der Waals surface area contributed by atoms with Gasteiger partial charge in [-0.25, -0.2) is 0 Å². The van der Waals surface area contributed by atoms with Crippen LogP contribution in [0.4, 0.5) is 0 Å². The molecule has 1 amide bonds. The summed E-state index contributed by atoms with van der Waals surface area (Å²) in [5, 5.41) is 11.0. The van der Waals surface area contributed by atoms with Crippen LogP contribution in [0.15, 0.2) is 30.3 Å². The van der Waals surface area contributed by atoms with E-state index in [1.54, 1.807) is 6.08 Å². The maximum Gasteiger partial charge on any atom is 0.325 e. The minimum Gasteiger partial charge on any atom is -0.480 e. The third-order valence-electron chi connectivity index (χ3n) is 2.76. The third kappa shape index (κ3) is 4.95. The lowest BCUT2D eigenvalue weighted by Crippen LogP contribution is -2.37. The highest BCUT2D eigenvalue weighted by molar-refractivity contribution is 5.94. The van der Waals surface area contributed by atoms with Crippen molar-refractivity contribution in [1.29, 1.82) is 0 Å². The van der Waals surface area contributed by atoms with E-state index >= 15 is 0 Å².